The van der Waals surface area contributed by atoms with Gasteiger partial charge in [0.05, 0.1) is 6.61 Å². The van der Waals surface area contributed by atoms with Crippen LogP contribution >= 0.6 is 0 Å². The zero-order valence-corrected chi connectivity index (χ0v) is 45.0. The average Bonchev–Trinajstić information content (AvgIpc) is 3.30. The minimum Gasteiger partial charge on any atom is -0.466 e. The van der Waals surface area contributed by atoms with Crippen LogP contribution in [-0.4, -0.2) is 12.6 Å². The van der Waals surface area contributed by atoms with Gasteiger partial charge >= 0.3 is 5.97 Å². The summed E-state index contributed by atoms with van der Waals surface area (Å²) in [6.07, 6.45) is 81.7. The second-order valence-corrected chi connectivity index (χ2v) is 21.4. The van der Waals surface area contributed by atoms with Gasteiger partial charge in [0, 0.05) is 6.42 Å². The summed E-state index contributed by atoms with van der Waals surface area (Å²) in [6.45, 7) is 5.25. The Balaban J connectivity index is 3.14. The number of hydrogen-bond donors (Lipinski definition) is 0. The molecule has 64 heavy (non-hydrogen) atoms. The summed E-state index contributed by atoms with van der Waals surface area (Å²) in [7, 11) is 0. The molecule has 0 bridgehead atoms. The molecule has 0 amide bonds. The molecule has 2 heteroatoms. The lowest BCUT2D eigenvalue weighted by molar-refractivity contribution is -0.143. The summed E-state index contributed by atoms with van der Waals surface area (Å²) in [5, 5.41) is 0. The Labute approximate surface area is 406 Å². The van der Waals surface area contributed by atoms with E-state index in [1.165, 1.54) is 353 Å². The third-order valence-electron chi connectivity index (χ3n) is 14.7. The van der Waals surface area contributed by atoms with Gasteiger partial charge in [-0.05, 0) is 12.8 Å². The van der Waals surface area contributed by atoms with Crippen molar-refractivity contribution in [3.63, 3.8) is 0 Å². The van der Waals surface area contributed by atoms with Crippen molar-refractivity contribution in [3.05, 3.63) is 0 Å². The van der Waals surface area contributed by atoms with E-state index in [2.05, 4.69) is 13.8 Å². The number of rotatable bonds is 59. The highest BCUT2D eigenvalue weighted by Crippen LogP contribution is 2.19. The van der Waals surface area contributed by atoms with Gasteiger partial charge in [0.25, 0.3) is 0 Å². The number of ether oxygens (including phenoxy) is 1. The molecule has 0 saturated carbocycles. The van der Waals surface area contributed by atoms with Crippen LogP contribution in [0.25, 0.3) is 0 Å². The lowest BCUT2D eigenvalue weighted by Gasteiger charge is -2.06. The highest BCUT2D eigenvalue weighted by Gasteiger charge is 2.04. The van der Waals surface area contributed by atoms with Gasteiger partial charge in [-0.15, -0.1) is 0 Å². The molecular weight excluding hydrogens is 777 g/mol. The molecular formula is C62H124O2. The van der Waals surface area contributed by atoms with Crippen molar-refractivity contribution in [3.8, 4) is 0 Å². The number of esters is 1. The minimum absolute atomic E-state index is 0.0370. The lowest BCUT2D eigenvalue weighted by Crippen LogP contribution is -2.05. The standard InChI is InChI=1S/C62H124O2/c1-3-5-7-9-11-13-15-17-19-21-23-25-27-29-31-32-33-34-35-36-38-40-42-44-46-48-50-52-54-56-58-60-62(63)64-61-59-57-55-53-51-49-47-45-43-41-39-37-30-28-26-24-22-20-18-16-14-12-10-8-6-4-2/h3-61H2,1-2H3. The van der Waals surface area contributed by atoms with Gasteiger partial charge in [0.15, 0.2) is 0 Å². The topological polar surface area (TPSA) is 26.3 Å². The van der Waals surface area contributed by atoms with E-state index in [0.717, 1.165) is 12.8 Å². The fraction of sp³-hybridized carbons (Fsp3) is 0.984. The Kier molecular flexibility index (Phi) is 60.0. The van der Waals surface area contributed by atoms with E-state index in [0.29, 0.717) is 13.0 Å². The van der Waals surface area contributed by atoms with E-state index in [-0.39, 0.29) is 5.97 Å². The SMILES string of the molecule is CCCCCCCCCCCCCCCCCCCCCCCCCCCCCCCCCC(=O)OCCCCCCCCCCCCCCCCCCCCCCCCCCCC. The van der Waals surface area contributed by atoms with Crippen molar-refractivity contribution in [2.75, 3.05) is 6.61 Å². The highest BCUT2D eigenvalue weighted by atomic mass is 16.5. The van der Waals surface area contributed by atoms with Gasteiger partial charge in [-0.25, -0.2) is 0 Å². The fourth-order valence-electron chi connectivity index (χ4n) is 10.1. The van der Waals surface area contributed by atoms with E-state index in [9.17, 15) is 4.79 Å². The van der Waals surface area contributed by atoms with E-state index < -0.39 is 0 Å². The Morgan fingerprint density at radius 3 is 0.516 bits per heavy atom. The van der Waals surface area contributed by atoms with Gasteiger partial charge in [0.1, 0.15) is 0 Å². The molecule has 0 spiro atoms. The van der Waals surface area contributed by atoms with Crippen LogP contribution < -0.4 is 0 Å². The first-order valence-electron chi connectivity index (χ1n) is 31.0. The first-order chi connectivity index (χ1) is 31.8. The molecule has 0 aromatic rings. The molecule has 0 aromatic heterocycles. The van der Waals surface area contributed by atoms with Crippen molar-refractivity contribution < 1.29 is 9.53 Å². The maximum Gasteiger partial charge on any atom is 0.305 e. The van der Waals surface area contributed by atoms with Crippen LogP contribution in [0.3, 0.4) is 0 Å². The highest BCUT2D eigenvalue weighted by molar-refractivity contribution is 5.69. The van der Waals surface area contributed by atoms with E-state index in [4.69, 9.17) is 4.74 Å². The van der Waals surface area contributed by atoms with Gasteiger partial charge < -0.3 is 4.74 Å². The Bertz CT molecular complexity index is 807. The molecule has 0 atom stereocenters. The third kappa shape index (κ3) is 59.5. The summed E-state index contributed by atoms with van der Waals surface area (Å²) in [6, 6.07) is 0. The second kappa shape index (κ2) is 60.5. The Hall–Kier alpha value is -0.530. The molecule has 0 fully saturated rings. The summed E-state index contributed by atoms with van der Waals surface area (Å²) in [5.74, 6) is 0.0370. The molecule has 0 heterocycles. The zero-order valence-electron chi connectivity index (χ0n) is 45.0. The molecule has 0 aliphatic rings. The number of carbonyl (C=O) groups is 1. The molecule has 0 N–H and O–H groups in total. The molecule has 0 aliphatic carbocycles. The molecule has 2 nitrogen and oxygen atoms in total. The molecule has 0 aromatic carbocycles. The fourth-order valence-corrected chi connectivity index (χ4v) is 10.1. The predicted octanol–water partition coefficient (Wildman–Crippen LogP) is 23.2. The maximum absolute atomic E-state index is 12.1. The summed E-state index contributed by atoms with van der Waals surface area (Å²) >= 11 is 0. The van der Waals surface area contributed by atoms with Crippen molar-refractivity contribution in [2.24, 2.45) is 0 Å². The zero-order chi connectivity index (χ0) is 46.0. The third-order valence-corrected chi connectivity index (χ3v) is 14.7. The number of carbonyl (C=O) groups excluding carboxylic acids is 1. The first kappa shape index (κ1) is 63.5. The van der Waals surface area contributed by atoms with Crippen LogP contribution in [-0.2, 0) is 9.53 Å². The molecule has 0 rings (SSSR count). The average molecular weight is 902 g/mol. The molecule has 0 radical (unpaired) electrons. The lowest BCUT2D eigenvalue weighted by atomic mass is 10.0. The summed E-state index contributed by atoms with van der Waals surface area (Å²) in [4.78, 5) is 12.1. The van der Waals surface area contributed by atoms with Crippen LogP contribution in [0.2, 0.25) is 0 Å². The quantitative estimate of drug-likeness (QED) is 0.0449. The minimum atomic E-state index is 0.0370. The molecule has 0 unspecified atom stereocenters. The molecule has 384 valence electrons. The van der Waals surface area contributed by atoms with Gasteiger partial charge in [-0.3, -0.25) is 4.79 Å². The van der Waals surface area contributed by atoms with E-state index in [1.54, 1.807) is 0 Å². The normalized spacial score (nSPS) is 11.6. The Morgan fingerprint density at radius 1 is 0.203 bits per heavy atom. The number of unbranched alkanes of at least 4 members (excludes halogenated alkanes) is 55. The summed E-state index contributed by atoms with van der Waals surface area (Å²) in [5.41, 5.74) is 0. The van der Waals surface area contributed by atoms with Crippen LogP contribution in [0.15, 0.2) is 0 Å². The maximum atomic E-state index is 12.1. The molecule has 0 aliphatic heterocycles. The smallest absolute Gasteiger partial charge is 0.305 e. The van der Waals surface area contributed by atoms with Crippen LogP contribution in [0, 0.1) is 0 Å². The van der Waals surface area contributed by atoms with Crippen LogP contribution in [0.1, 0.15) is 386 Å². The largest absolute Gasteiger partial charge is 0.466 e. The van der Waals surface area contributed by atoms with Crippen LogP contribution in [0.4, 0.5) is 0 Å². The monoisotopic (exact) mass is 901 g/mol. The molecule has 0 saturated heterocycles. The van der Waals surface area contributed by atoms with Crippen molar-refractivity contribution in [2.45, 2.75) is 386 Å². The van der Waals surface area contributed by atoms with E-state index >= 15 is 0 Å². The first-order valence-corrected chi connectivity index (χ1v) is 31.0. The summed E-state index contributed by atoms with van der Waals surface area (Å²) < 4.78 is 5.52. The predicted molar refractivity (Wildman–Crippen MR) is 290 cm³/mol. The van der Waals surface area contributed by atoms with Gasteiger partial charge in [-0.2, -0.15) is 0 Å². The van der Waals surface area contributed by atoms with Crippen LogP contribution in [0.5, 0.6) is 0 Å². The van der Waals surface area contributed by atoms with Gasteiger partial charge in [0.2, 0.25) is 0 Å². The second-order valence-electron chi connectivity index (χ2n) is 21.4. The number of hydrogen-bond acceptors (Lipinski definition) is 2. The van der Waals surface area contributed by atoms with Gasteiger partial charge in [-0.1, -0.05) is 367 Å². The van der Waals surface area contributed by atoms with E-state index in [1.807, 2.05) is 0 Å². The van der Waals surface area contributed by atoms with Crippen molar-refractivity contribution in [1.82, 2.24) is 0 Å². The van der Waals surface area contributed by atoms with Crippen molar-refractivity contribution >= 4 is 5.97 Å². The van der Waals surface area contributed by atoms with Crippen molar-refractivity contribution in [1.29, 1.82) is 0 Å². The Morgan fingerprint density at radius 2 is 0.344 bits per heavy atom.